The molecule has 3 nitrogen and oxygen atoms in total. The van der Waals surface area contributed by atoms with Crippen LogP contribution in [0.1, 0.15) is 11.6 Å². The monoisotopic (exact) mass is 364 g/mol. The highest BCUT2D eigenvalue weighted by Gasteiger charge is 2.27. The minimum absolute atomic E-state index is 0.000175. The van der Waals surface area contributed by atoms with Crippen molar-refractivity contribution < 1.29 is 9.13 Å². The first-order valence-corrected chi connectivity index (χ1v) is 7.66. The first kappa shape index (κ1) is 13.0. The molecule has 1 atom stereocenters. The van der Waals surface area contributed by atoms with E-state index in [2.05, 4.69) is 20.9 Å². The fourth-order valence-electron chi connectivity index (χ4n) is 2.79. The number of fused-ring (bicyclic) bond motifs is 2. The van der Waals surface area contributed by atoms with Crippen LogP contribution in [0.15, 0.2) is 40.9 Å². The second-order valence-corrected chi connectivity index (χ2v) is 6.19. The Bertz CT molecular complexity index is 918. The third kappa shape index (κ3) is 1.93. The quantitative estimate of drug-likeness (QED) is 0.640. The van der Waals surface area contributed by atoms with Crippen molar-refractivity contribution in [2.75, 3.05) is 6.61 Å². The van der Waals surface area contributed by atoms with Crippen molar-refractivity contribution >= 4 is 39.2 Å². The summed E-state index contributed by atoms with van der Waals surface area (Å²) in [7, 11) is 0. The molecule has 0 fully saturated rings. The summed E-state index contributed by atoms with van der Waals surface area (Å²) >= 11 is 8.65. The highest BCUT2D eigenvalue weighted by molar-refractivity contribution is 9.10. The molecule has 1 N–H and O–H groups in total. The zero-order chi connectivity index (χ0) is 14.6. The van der Waals surface area contributed by atoms with E-state index in [0.29, 0.717) is 21.4 Å². The molecule has 0 aliphatic carbocycles. The number of rotatable bonds is 1. The molecule has 2 aromatic carbocycles. The summed E-state index contributed by atoms with van der Waals surface area (Å²) in [4.78, 5) is 3.06. The number of nitrogens with zero attached hydrogens (tertiary/aromatic N) is 1. The van der Waals surface area contributed by atoms with E-state index in [9.17, 15) is 4.39 Å². The number of H-pyrrole nitrogens is 1. The Morgan fingerprint density at radius 2 is 2.14 bits per heavy atom. The van der Waals surface area contributed by atoms with Gasteiger partial charge in [-0.1, -0.05) is 18.2 Å². The van der Waals surface area contributed by atoms with Gasteiger partial charge in [0.05, 0.1) is 21.5 Å². The standard InChI is InChI=1S/C15H10BrFN2OS/c16-9-5-12-11(6-10(9)17)18-15(21)19(12)13-7-20-14-4-2-1-3-8(13)14/h1-6,13H,7H2,(H,18,21). The molecule has 1 aliphatic heterocycles. The van der Waals surface area contributed by atoms with Crippen LogP contribution in [-0.4, -0.2) is 16.2 Å². The number of hydrogen-bond donors (Lipinski definition) is 1. The Morgan fingerprint density at radius 1 is 1.33 bits per heavy atom. The van der Waals surface area contributed by atoms with Crippen molar-refractivity contribution in [3.63, 3.8) is 0 Å². The van der Waals surface area contributed by atoms with Gasteiger partial charge in [0.25, 0.3) is 0 Å². The van der Waals surface area contributed by atoms with Crippen molar-refractivity contribution in [3.05, 3.63) is 57.0 Å². The zero-order valence-electron chi connectivity index (χ0n) is 10.8. The van der Waals surface area contributed by atoms with E-state index in [1.165, 1.54) is 6.07 Å². The fourth-order valence-corrected chi connectivity index (χ4v) is 3.46. The molecule has 3 aromatic rings. The van der Waals surface area contributed by atoms with Gasteiger partial charge in [0.2, 0.25) is 0 Å². The molecule has 4 rings (SSSR count). The lowest BCUT2D eigenvalue weighted by Gasteiger charge is -2.12. The van der Waals surface area contributed by atoms with Gasteiger partial charge in [-0.05, 0) is 40.3 Å². The smallest absolute Gasteiger partial charge is 0.178 e. The van der Waals surface area contributed by atoms with E-state index < -0.39 is 0 Å². The van der Waals surface area contributed by atoms with Crippen molar-refractivity contribution in [1.29, 1.82) is 0 Å². The lowest BCUT2D eigenvalue weighted by Crippen LogP contribution is -2.12. The first-order chi connectivity index (χ1) is 10.1. The Kier molecular flexibility index (Phi) is 2.90. The molecule has 1 aromatic heterocycles. The molecule has 1 unspecified atom stereocenters. The van der Waals surface area contributed by atoms with Gasteiger partial charge in [-0.2, -0.15) is 0 Å². The molecule has 0 amide bonds. The lowest BCUT2D eigenvalue weighted by molar-refractivity contribution is 0.318. The summed E-state index contributed by atoms with van der Waals surface area (Å²) in [5.41, 5.74) is 2.64. The number of imidazole rings is 1. The molecule has 0 radical (unpaired) electrons. The highest BCUT2D eigenvalue weighted by Crippen LogP contribution is 2.37. The predicted octanol–water partition coefficient (Wildman–Crippen LogP) is 4.58. The van der Waals surface area contributed by atoms with Gasteiger partial charge in [0.1, 0.15) is 18.2 Å². The molecule has 0 spiro atoms. The normalized spacial score (nSPS) is 17.0. The molecule has 0 saturated carbocycles. The number of para-hydroxylation sites is 1. The van der Waals surface area contributed by atoms with E-state index >= 15 is 0 Å². The van der Waals surface area contributed by atoms with Gasteiger partial charge in [0, 0.05) is 11.6 Å². The molecule has 106 valence electrons. The van der Waals surface area contributed by atoms with Gasteiger partial charge >= 0.3 is 0 Å². The minimum Gasteiger partial charge on any atom is -0.491 e. The number of ether oxygens (including phenoxy) is 1. The number of nitrogens with one attached hydrogen (secondary N) is 1. The molecule has 1 aliphatic rings. The largest absolute Gasteiger partial charge is 0.491 e. The van der Waals surface area contributed by atoms with Gasteiger partial charge in [-0.15, -0.1) is 0 Å². The van der Waals surface area contributed by atoms with E-state index in [1.54, 1.807) is 6.07 Å². The maximum atomic E-state index is 13.7. The SMILES string of the molecule is Fc1cc2[nH]c(=S)n(C3COc4ccccc43)c2cc1Br. The van der Waals surface area contributed by atoms with E-state index in [1.807, 2.05) is 28.8 Å². The Morgan fingerprint density at radius 3 is 3.00 bits per heavy atom. The topological polar surface area (TPSA) is 29.9 Å². The minimum atomic E-state index is -0.311. The van der Waals surface area contributed by atoms with Crippen LogP contribution in [-0.2, 0) is 0 Å². The highest BCUT2D eigenvalue weighted by atomic mass is 79.9. The van der Waals surface area contributed by atoms with Crippen LogP contribution < -0.4 is 4.74 Å². The average Bonchev–Trinajstić information content (AvgIpc) is 3.00. The van der Waals surface area contributed by atoms with Gasteiger partial charge < -0.3 is 14.3 Å². The fraction of sp³-hybridized carbons (Fsp3) is 0.133. The van der Waals surface area contributed by atoms with Crippen LogP contribution in [0.25, 0.3) is 11.0 Å². The second-order valence-electron chi connectivity index (χ2n) is 4.95. The molecular weight excluding hydrogens is 355 g/mol. The summed E-state index contributed by atoms with van der Waals surface area (Å²) in [6.07, 6.45) is 0. The van der Waals surface area contributed by atoms with Gasteiger partial charge in [-0.25, -0.2) is 4.39 Å². The molecule has 6 heteroatoms. The second kappa shape index (κ2) is 4.68. The van der Waals surface area contributed by atoms with E-state index in [4.69, 9.17) is 17.0 Å². The maximum absolute atomic E-state index is 13.7. The van der Waals surface area contributed by atoms with Crippen LogP contribution >= 0.6 is 28.1 Å². The van der Waals surface area contributed by atoms with E-state index in [-0.39, 0.29) is 11.9 Å². The number of aromatic nitrogens is 2. The Labute approximate surface area is 133 Å². The summed E-state index contributed by atoms with van der Waals surface area (Å²) in [5.74, 6) is 0.564. The Hall–Kier alpha value is -1.66. The number of halogens is 2. The van der Waals surface area contributed by atoms with E-state index in [0.717, 1.165) is 16.8 Å². The third-order valence-electron chi connectivity index (χ3n) is 3.74. The number of hydrogen-bond acceptors (Lipinski definition) is 2. The average molecular weight is 365 g/mol. The van der Waals surface area contributed by atoms with Crippen molar-refractivity contribution in [1.82, 2.24) is 9.55 Å². The molecular formula is C15H10BrFN2OS. The molecule has 0 bridgehead atoms. The lowest BCUT2D eigenvalue weighted by atomic mass is 10.1. The zero-order valence-corrected chi connectivity index (χ0v) is 13.2. The summed E-state index contributed by atoms with van der Waals surface area (Å²) in [6, 6.07) is 11.1. The first-order valence-electron chi connectivity index (χ1n) is 6.46. The van der Waals surface area contributed by atoms with Gasteiger partial charge in [-0.3, -0.25) is 0 Å². The predicted molar refractivity (Wildman–Crippen MR) is 84.9 cm³/mol. The molecule has 0 saturated heterocycles. The van der Waals surface area contributed by atoms with Crippen molar-refractivity contribution in [2.45, 2.75) is 6.04 Å². The van der Waals surface area contributed by atoms with Gasteiger partial charge in [0.15, 0.2) is 4.77 Å². The number of aromatic amines is 1. The summed E-state index contributed by atoms with van der Waals surface area (Å²) in [5, 5.41) is 0. The van der Waals surface area contributed by atoms with Crippen molar-refractivity contribution in [2.24, 2.45) is 0 Å². The third-order valence-corrected chi connectivity index (χ3v) is 4.65. The van der Waals surface area contributed by atoms with Crippen LogP contribution in [0.3, 0.4) is 0 Å². The summed E-state index contributed by atoms with van der Waals surface area (Å²) < 4.78 is 22.4. The number of benzene rings is 2. The van der Waals surface area contributed by atoms with Crippen LogP contribution in [0.2, 0.25) is 0 Å². The van der Waals surface area contributed by atoms with Crippen LogP contribution in [0.5, 0.6) is 5.75 Å². The van der Waals surface area contributed by atoms with Crippen molar-refractivity contribution in [3.8, 4) is 5.75 Å². The summed E-state index contributed by atoms with van der Waals surface area (Å²) in [6.45, 7) is 0.523. The maximum Gasteiger partial charge on any atom is 0.178 e. The van der Waals surface area contributed by atoms with Crippen LogP contribution in [0.4, 0.5) is 4.39 Å². The molecule has 2 heterocycles. The van der Waals surface area contributed by atoms with Crippen LogP contribution in [0, 0.1) is 10.6 Å². The molecule has 21 heavy (non-hydrogen) atoms. The Balaban J connectivity index is 1.98.